The third-order valence-electron chi connectivity index (χ3n) is 4.41. The molecule has 29 heavy (non-hydrogen) atoms. The third kappa shape index (κ3) is 5.42. The van der Waals surface area contributed by atoms with E-state index in [-0.39, 0.29) is 5.91 Å². The zero-order chi connectivity index (χ0) is 21.0. The quantitative estimate of drug-likeness (QED) is 0.455. The van der Waals surface area contributed by atoms with Gasteiger partial charge < -0.3 is 9.64 Å². The number of benzene rings is 2. The molecule has 154 valence electrons. The van der Waals surface area contributed by atoms with Crippen LogP contribution in [0.1, 0.15) is 5.56 Å². The first-order valence-electron chi connectivity index (χ1n) is 9.16. The fraction of sp³-hybridized carbons (Fsp3) is 0.333. The number of aromatic nitrogens is 1. The van der Waals surface area contributed by atoms with Crippen LogP contribution in [0.5, 0.6) is 5.75 Å². The lowest BCUT2D eigenvalue weighted by atomic mass is 10.2. The minimum absolute atomic E-state index is 0.0282. The Morgan fingerprint density at radius 3 is 2.52 bits per heavy atom. The average Bonchev–Trinajstić information content (AvgIpc) is 3.16. The molecule has 0 aliphatic heterocycles. The van der Waals surface area contributed by atoms with Gasteiger partial charge >= 0.3 is 0 Å². The molecule has 0 N–H and O–H groups in total. The van der Waals surface area contributed by atoms with Crippen LogP contribution in [0.3, 0.4) is 0 Å². The van der Waals surface area contributed by atoms with Crippen molar-refractivity contribution in [2.45, 2.75) is 11.8 Å². The minimum atomic E-state index is 0.0282. The van der Waals surface area contributed by atoms with E-state index in [2.05, 4.69) is 4.90 Å². The number of halogens is 1. The molecule has 0 bridgehead atoms. The number of anilines is 1. The number of thioether (sulfide) groups is 1. The second-order valence-electron chi connectivity index (χ2n) is 6.85. The molecule has 3 rings (SSSR count). The van der Waals surface area contributed by atoms with Crippen LogP contribution in [0.4, 0.5) is 5.13 Å². The number of thiazole rings is 1. The molecule has 0 aliphatic rings. The van der Waals surface area contributed by atoms with Gasteiger partial charge in [-0.2, -0.15) is 0 Å². The van der Waals surface area contributed by atoms with Gasteiger partial charge in [-0.1, -0.05) is 29.0 Å². The van der Waals surface area contributed by atoms with Crippen molar-refractivity contribution in [2.75, 3.05) is 44.9 Å². The van der Waals surface area contributed by atoms with Gasteiger partial charge in [-0.3, -0.25) is 9.69 Å². The first kappa shape index (κ1) is 21.9. The van der Waals surface area contributed by atoms with E-state index in [1.54, 1.807) is 12.0 Å². The van der Waals surface area contributed by atoms with Crippen molar-refractivity contribution in [3.8, 4) is 5.75 Å². The first-order valence-corrected chi connectivity index (χ1v) is 11.3. The molecule has 1 aromatic heterocycles. The third-order valence-corrected chi connectivity index (χ3v) is 6.95. The van der Waals surface area contributed by atoms with Crippen LogP contribution in [0.2, 0.25) is 5.02 Å². The van der Waals surface area contributed by atoms with E-state index in [0.717, 1.165) is 33.0 Å². The van der Waals surface area contributed by atoms with Crippen LogP contribution in [-0.4, -0.2) is 55.8 Å². The summed E-state index contributed by atoms with van der Waals surface area (Å²) in [6, 6.07) is 11.6. The zero-order valence-corrected chi connectivity index (χ0v) is 19.3. The molecule has 0 radical (unpaired) electrons. The molecule has 1 heterocycles. The lowest BCUT2D eigenvalue weighted by Crippen LogP contribution is -2.37. The number of likely N-dealkylation sites (N-methyl/N-ethyl adjacent to an activating group) is 1. The number of hydrogen-bond donors (Lipinski definition) is 0. The number of ether oxygens (including phenoxy) is 1. The zero-order valence-electron chi connectivity index (χ0n) is 16.9. The van der Waals surface area contributed by atoms with Gasteiger partial charge in [-0.05, 0) is 56.9 Å². The summed E-state index contributed by atoms with van der Waals surface area (Å²) >= 11 is 9.34. The van der Waals surface area contributed by atoms with E-state index in [9.17, 15) is 4.79 Å². The van der Waals surface area contributed by atoms with Crippen LogP contribution >= 0.6 is 34.7 Å². The van der Waals surface area contributed by atoms with Crippen molar-refractivity contribution in [3.05, 3.63) is 47.0 Å². The number of aryl methyl sites for hydroxylation is 1. The average molecular weight is 450 g/mol. The van der Waals surface area contributed by atoms with E-state index in [4.69, 9.17) is 21.3 Å². The molecule has 0 fully saturated rings. The van der Waals surface area contributed by atoms with E-state index < -0.39 is 0 Å². The number of rotatable bonds is 8. The van der Waals surface area contributed by atoms with Gasteiger partial charge in [-0.25, -0.2) is 4.98 Å². The Morgan fingerprint density at radius 2 is 1.90 bits per heavy atom. The molecule has 0 saturated carbocycles. The van der Waals surface area contributed by atoms with Crippen molar-refractivity contribution in [1.82, 2.24) is 9.88 Å². The minimum Gasteiger partial charge on any atom is -0.497 e. The number of amides is 1. The normalized spacial score (nSPS) is 11.2. The van der Waals surface area contributed by atoms with Crippen LogP contribution in [0.15, 0.2) is 41.3 Å². The molecule has 5 nitrogen and oxygen atoms in total. The molecular weight excluding hydrogens is 426 g/mol. The van der Waals surface area contributed by atoms with Crippen molar-refractivity contribution >= 4 is 56.0 Å². The van der Waals surface area contributed by atoms with Crippen molar-refractivity contribution in [1.29, 1.82) is 0 Å². The van der Waals surface area contributed by atoms with Gasteiger partial charge in [0.05, 0.1) is 28.1 Å². The summed E-state index contributed by atoms with van der Waals surface area (Å²) in [4.78, 5) is 22.7. The molecule has 8 heteroatoms. The van der Waals surface area contributed by atoms with Gasteiger partial charge in [0.1, 0.15) is 5.75 Å². The second-order valence-corrected chi connectivity index (χ2v) is 9.28. The highest BCUT2D eigenvalue weighted by molar-refractivity contribution is 8.00. The molecule has 0 saturated heterocycles. The number of fused-ring (bicyclic) bond motifs is 1. The molecule has 0 atom stereocenters. The summed E-state index contributed by atoms with van der Waals surface area (Å²) in [6.07, 6.45) is 0. The molecule has 0 spiro atoms. The predicted molar refractivity (Wildman–Crippen MR) is 124 cm³/mol. The monoisotopic (exact) mass is 449 g/mol. The molecule has 0 unspecified atom stereocenters. The topological polar surface area (TPSA) is 45.7 Å². The maximum atomic E-state index is 13.1. The summed E-state index contributed by atoms with van der Waals surface area (Å²) in [5.74, 6) is 1.16. The Labute approximate surface area is 184 Å². The summed E-state index contributed by atoms with van der Waals surface area (Å²) in [5, 5.41) is 1.36. The van der Waals surface area contributed by atoms with Crippen LogP contribution in [0.25, 0.3) is 10.2 Å². The molecule has 0 aliphatic carbocycles. The van der Waals surface area contributed by atoms with Crippen LogP contribution in [0, 0.1) is 6.92 Å². The fourth-order valence-electron chi connectivity index (χ4n) is 2.73. The van der Waals surface area contributed by atoms with Crippen molar-refractivity contribution in [2.24, 2.45) is 0 Å². The van der Waals surface area contributed by atoms with E-state index in [1.165, 1.54) is 23.1 Å². The van der Waals surface area contributed by atoms with Crippen molar-refractivity contribution in [3.63, 3.8) is 0 Å². The van der Waals surface area contributed by atoms with E-state index in [1.807, 2.05) is 57.4 Å². The lowest BCUT2D eigenvalue weighted by Gasteiger charge is -2.21. The standard InChI is InChI=1S/C21H24ClN3O2S2/c1-14-5-10-17(22)20-19(14)23-21(29-20)25(12-11-24(2)3)18(26)13-28-16-8-6-15(27-4)7-9-16/h5-10H,11-13H2,1-4H3. The highest BCUT2D eigenvalue weighted by Crippen LogP contribution is 2.36. The SMILES string of the molecule is COc1ccc(SCC(=O)N(CCN(C)C)c2nc3c(C)ccc(Cl)c3s2)cc1. The summed E-state index contributed by atoms with van der Waals surface area (Å²) in [6.45, 7) is 3.33. The van der Waals surface area contributed by atoms with E-state index in [0.29, 0.717) is 22.5 Å². The Hall–Kier alpha value is -1.80. The van der Waals surface area contributed by atoms with Gasteiger partial charge in [0.2, 0.25) is 5.91 Å². The maximum absolute atomic E-state index is 13.1. The number of methoxy groups -OCH3 is 1. The Balaban J connectivity index is 1.81. The van der Waals surface area contributed by atoms with Gasteiger partial charge in [0.25, 0.3) is 0 Å². The number of nitrogens with zero attached hydrogens (tertiary/aromatic N) is 3. The van der Waals surface area contributed by atoms with E-state index >= 15 is 0 Å². The van der Waals surface area contributed by atoms with Gasteiger partial charge in [-0.15, -0.1) is 11.8 Å². The predicted octanol–water partition coefficient (Wildman–Crippen LogP) is 4.95. The summed E-state index contributed by atoms with van der Waals surface area (Å²) < 4.78 is 6.11. The number of carbonyl (C=O) groups excluding carboxylic acids is 1. The number of carbonyl (C=O) groups is 1. The Morgan fingerprint density at radius 1 is 1.17 bits per heavy atom. The largest absolute Gasteiger partial charge is 0.497 e. The summed E-state index contributed by atoms with van der Waals surface area (Å²) in [7, 11) is 5.63. The Bertz CT molecular complexity index is 951. The molecule has 2 aromatic carbocycles. The maximum Gasteiger partial charge on any atom is 0.239 e. The highest BCUT2D eigenvalue weighted by Gasteiger charge is 2.21. The molecular formula is C21H24ClN3O2S2. The fourth-order valence-corrected chi connectivity index (χ4v) is 4.86. The van der Waals surface area contributed by atoms with Gasteiger partial charge in [0, 0.05) is 18.0 Å². The summed E-state index contributed by atoms with van der Waals surface area (Å²) in [5.41, 5.74) is 1.92. The van der Waals surface area contributed by atoms with Crippen LogP contribution < -0.4 is 9.64 Å². The first-order chi connectivity index (χ1) is 13.9. The highest BCUT2D eigenvalue weighted by atomic mass is 35.5. The molecule has 3 aromatic rings. The Kier molecular flexibility index (Phi) is 7.40. The van der Waals surface area contributed by atoms with Gasteiger partial charge in [0.15, 0.2) is 5.13 Å². The second kappa shape index (κ2) is 9.80. The van der Waals surface area contributed by atoms with Crippen molar-refractivity contribution < 1.29 is 9.53 Å². The van der Waals surface area contributed by atoms with Crippen LogP contribution in [-0.2, 0) is 4.79 Å². The number of hydrogen-bond acceptors (Lipinski definition) is 6. The lowest BCUT2D eigenvalue weighted by molar-refractivity contribution is -0.116. The molecule has 1 amide bonds. The smallest absolute Gasteiger partial charge is 0.239 e.